The lowest BCUT2D eigenvalue weighted by atomic mass is 10.1. The normalized spacial score (nSPS) is 12.8. The van der Waals surface area contributed by atoms with Crippen LogP contribution in [0.25, 0.3) is 0 Å². The maximum Gasteiger partial charge on any atom is 0.415 e. The Bertz CT molecular complexity index is 471. The molecule has 0 aromatic heterocycles. The van der Waals surface area contributed by atoms with Crippen molar-refractivity contribution in [3.05, 3.63) is 29.3 Å². The fourth-order valence-electron chi connectivity index (χ4n) is 1.32. The molecule has 0 fully saturated rings. The van der Waals surface area contributed by atoms with E-state index in [0.717, 1.165) is 11.8 Å². The van der Waals surface area contributed by atoms with Crippen LogP contribution in [0.3, 0.4) is 0 Å². The van der Waals surface area contributed by atoms with Crippen LogP contribution in [0.5, 0.6) is 5.75 Å². The van der Waals surface area contributed by atoms with Crippen LogP contribution in [0.2, 0.25) is 0 Å². The molecule has 0 aliphatic carbocycles. The lowest BCUT2D eigenvalue weighted by Crippen LogP contribution is -2.30. The molecule has 0 amide bonds. The van der Waals surface area contributed by atoms with Crippen LogP contribution in [-0.2, 0) is 5.75 Å². The smallest absolute Gasteiger partial charge is 0.415 e. The van der Waals surface area contributed by atoms with Crippen molar-refractivity contribution in [1.29, 1.82) is 5.26 Å². The zero-order valence-corrected chi connectivity index (χ0v) is 10.9. The zero-order chi connectivity index (χ0) is 14.5. The second kappa shape index (κ2) is 6.68. The summed E-state index contributed by atoms with van der Waals surface area (Å²) in [5, 5.41) is 17.7. The lowest BCUT2D eigenvalue weighted by molar-refractivity contribution is -0.195. The molecule has 3 nitrogen and oxygen atoms in total. The Balaban J connectivity index is 2.58. The number of ether oxygens (including phenoxy) is 1. The number of hydrogen-bond acceptors (Lipinski definition) is 4. The van der Waals surface area contributed by atoms with E-state index in [1.54, 1.807) is 18.2 Å². The molecule has 1 atom stereocenters. The van der Waals surface area contributed by atoms with E-state index in [2.05, 4.69) is 0 Å². The van der Waals surface area contributed by atoms with Crippen molar-refractivity contribution in [1.82, 2.24) is 0 Å². The molecule has 0 saturated carbocycles. The highest BCUT2D eigenvalue weighted by atomic mass is 32.2. The van der Waals surface area contributed by atoms with E-state index < -0.39 is 18.0 Å². The minimum absolute atomic E-state index is 0.284. The number of nitrogens with zero attached hydrogens (tertiary/aromatic N) is 1. The Morgan fingerprint density at radius 1 is 1.47 bits per heavy atom. The van der Waals surface area contributed by atoms with Gasteiger partial charge in [0.05, 0.1) is 12.7 Å². The number of alkyl halides is 3. The van der Waals surface area contributed by atoms with E-state index in [1.807, 2.05) is 6.07 Å². The Labute approximate surface area is 113 Å². The van der Waals surface area contributed by atoms with Gasteiger partial charge >= 0.3 is 6.18 Å². The molecule has 1 rings (SSSR count). The molecule has 0 radical (unpaired) electrons. The SMILES string of the molecule is COc1ccc(CSC[C@H](O)C(F)(F)F)cc1C#N. The Hall–Kier alpha value is -1.39. The van der Waals surface area contributed by atoms with Crippen LogP contribution in [0.15, 0.2) is 18.2 Å². The standard InChI is InChI=1S/C12H12F3NO2S/c1-18-10-3-2-8(4-9(10)5-16)6-19-7-11(17)12(13,14)15/h2-4,11,17H,6-7H2,1H3/t11-/m0/s1. The van der Waals surface area contributed by atoms with Crippen molar-refractivity contribution < 1.29 is 23.0 Å². The molecule has 0 aliphatic rings. The first-order valence-corrected chi connectivity index (χ1v) is 6.43. The van der Waals surface area contributed by atoms with Gasteiger partial charge < -0.3 is 9.84 Å². The monoisotopic (exact) mass is 291 g/mol. The topological polar surface area (TPSA) is 53.2 Å². The fraction of sp³-hybridized carbons (Fsp3) is 0.417. The van der Waals surface area contributed by atoms with E-state index in [0.29, 0.717) is 16.9 Å². The summed E-state index contributed by atoms with van der Waals surface area (Å²) in [6.07, 6.45) is -6.92. The van der Waals surface area contributed by atoms with E-state index in [1.165, 1.54) is 7.11 Å². The van der Waals surface area contributed by atoms with E-state index in [-0.39, 0.29) is 5.75 Å². The van der Waals surface area contributed by atoms with E-state index >= 15 is 0 Å². The summed E-state index contributed by atoms with van der Waals surface area (Å²) in [5.74, 6) is 0.273. The van der Waals surface area contributed by atoms with Crippen LogP contribution >= 0.6 is 11.8 Å². The van der Waals surface area contributed by atoms with Crippen molar-refractivity contribution >= 4 is 11.8 Å². The van der Waals surface area contributed by atoms with Crippen molar-refractivity contribution in [2.24, 2.45) is 0 Å². The summed E-state index contributed by atoms with van der Waals surface area (Å²) in [6, 6.07) is 6.77. The Morgan fingerprint density at radius 2 is 2.16 bits per heavy atom. The van der Waals surface area contributed by atoms with Crippen LogP contribution in [0, 0.1) is 11.3 Å². The number of benzene rings is 1. The van der Waals surface area contributed by atoms with Gasteiger partial charge in [-0.05, 0) is 17.7 Å². The Kier molecular flexibility index (Phi) is 5.51. The highest BCUT2D eigenvalue weighted by Gasteiger charge is 2.37. The first kappa shape index (κ1) is 15.7. The first-order valence-electron chi connectivity index (χ1n) is 5.28. The van der Waals surface area contributed by atoms with Gasteiger partial charge in [0.25, 0.3) is 0 Å². The maximum atomic E-state index is 12.1. The largest absolute Gasteiger partial charge is 0.495 e. The highest BCUT2D eigenvalue weighted by Crippen LogP contribution is 2.26. The van der Waals surface area contributed by atoms with Gasteiger partial charge in [-0.1, -0.05) is 6.07 Å². The van der Waals surface area contributed by atoms with E-state index in [4.69, 9.17) is 15.1 Å². The van der Waals surface area contributed by atoms with Gasteiger partial charge in [-0.2, -0.15) is 30.2 Å². The van der Waals surface area contributed by atoms with Crippen molar-refractivity contribution in [2.45, 2.75) is 18.0 Å². The number of hydrogen-bond donors (Lipinski definition) is 1. The van der Waals surface area contributed by atoms with Crippen LogP contribution in [0.1, 0.15) is 11.1 Å². The fourth-order valence-corrected chi connectivity index (χ4v) is 2.26. The number of thioether (sulfide) groups is 1. The zero-order valence-electron chi connectivity index (χ0n) is 10.1. The van der Waals surface area contributed by atoms with Crippen molar-refractivity contribution in [3.63, 3.8) is 0 Å². The van der Waals surface area contributed by atoms with Gasteiger partial charge in [0.2, 0.25) is 0 Å². The summed E-state index contributed by atoms with van der Waals surface area (Å²) in [7, 11) is 1.43. The summed E-state index contributed by atoms with van der Waals surface area (Å²) in [4.78, 5) is 0. The average Bonchev–Trinajstić information content (AvgIpc) is 2.37. The summed E-state index contributed by atoms with van der Waals surface area (Å²) >= 11 is 0.954. The predicted molar refractivity (Wildman–Crippen MR) is 65.9 cm³/mol. The third kappa shape index (κ3) is 4.65. The summed E-state index contributed by atoms with van der Waals surface area (Å²) in [6.45, 7) is 0. The molecule has 1 aromatic carbocycles. The predicted octanol–water partition coefficient (Wildman–Crippen LogP) is 2.72. The highest BCUT2D eigenvalue weighted by molar-refractivity contribution is 7.98. The second-order valence-electron chi connectivity index (χ2n) is 3.72. The molecular formula is C12H12F3NO2S. The molecule has 104 valence electrons. The minimum atomic E-state index is -4.59. The quantitative estimate of drug-likeness (QED) is 0.906. The number of aliphatic hydroxyl groups excluding tert-OH is 1. The minimum Gasteiger partial charge on any atom is -0.495 e. The van der Waals surface area contributed by atoms with Crippen molar-refractivity contribution in [3.8, 4) is 11.8 Å². The molecule has 0 bridgehead atoms. The van der Waals surface area contributed by atoms with Gasteiger partial charge in [0.15, 0.2) is 6.10 Å². The number of methoxy groups -OCH3 is 1. The second-order valence-corrected chi connectivity index (χ2v) is 4.75. The van der Waals surface area contributed by atoms with Gasteiger partial charge in [-0.3, -0.25) is 0 Å². The van der Waals surface area contributed by atoms with Crippen molar-refractivity contribution in [2.75, 3.05) is 12.9 Å². The molecule has 1 N–H and O–H groups in total. The molecule has 0 heterocycles. The van der Waals surface area contributed by atoms with Gasteiger partial charge in [0, 0.05) is 11.5 Å². The number of nitriles is 1. The van der Waals surface area contributed by atoms with E-state index in [9.17, 15) is 13.2 Å². The molecule has 0 spiro atoms. The number of halogens is 3. The van der Waals surface area contributed by atoms with Crippen LogP contribution in [0.4, 0.5) is 13.2 Å². The molecule has 0 unspecified atom stereocenters. The van der Waals surface area contributed by atoms with Crippen LogP contribution in [-0.4, -0.2) is 30.2 Å². The summed E-state index contributed by atoms with van der Waals surface area (Å²) < 4.78 is 41.2. The van der Waals surface area contributed by atoms with Gasteiger partial charge in [-0.15, -0.1) is 0 Å². The maximum absolute atomic E-state index is 12.1. The molecule has 7 heteroatoms. The summed E-state index contributed by atoms with van der Waals surface area (Å²) in [5.41, 5.74) is 1.04. The van der Waals surface area contributed by atoms with Gasteiger partial charge in [0.1, 0.15) is 11.8 Å². The molecule has 1 aromatic rings. The molecule has 0 saturated heterocycles. The third-order valence-electron chi connectivity index (χ3n) is 2.31. The van der Waals surface area contributed by atoms with Gasteiger partial charge in [-0.25, -0.2) is 0 Å². The molecule has 0 aliphatic heterocycles. The molecular weight excluding hydrogens is 279 g/mol. The third-order valence-corrected chi connectivity index (χ3v) is 3.40. The Morgan fingerprint density at radius 3 is 2.68 bits per heavy atom. The van der Waals surface area contributed by atoms with Crippen LogP contribution < -0.4 is 4.74 Å². The first-order chi connectivity index (χ1) is 8.88. The number of rotatable bonds is 5. The average molecular weight is 291 g/mol. The number of aliphatic hydroxyl groups is 1. The molecule has 19 heavy (non-hydrogen) atoms. The lowest BCUT2D eigenvalue weighted by Gasteiger charge is -2.13.